The highest BCUT2D eigenvalue weighted by atomic mass is 16.5. The van der Waals surface area contributed by atoms with Crippen molar-refractivity contribution in [3.8, 4) is 0 Å². The molecule has 0 heterocycles. The number of rotatable bonds is 16. The molecule has 0 fully saturated rings. The first-order valence-electron chi connectivity index (χ1n) is 8.55. The normalized spacial score (nSPS) is 11.1. The van der Waals surface area contributed by atoms with Crippen LogP contribution in [0.4, 0.5) is 0 Å². The molecule has 132 valence electrons. The van der Waals surface area contributed by atoms with Gasteiger partial charge in [0.15, 0.2) is 0 Å². The molecule has 0 unspecified atom stereocenters. The predicted octanol–water partition coefficient (Wildman–Crippen LogP) is 3.21. The maximum absolute atomic E-state index is 11.3. The molecule has 0 N–H and O–H groups in total. The second-order valence-corrected chi connectivity index (χ2v) is 5.70. The average molecular weight is 318 g/mol. The molecule has 0 rings (SSSR count). The van der Waals surface area contributed by atoms with Crippen LogP contribution in [0, 0.1) is 5.92 Å². The van der Waals surface area contributed by atoms with Crippen molar-refractivity contribution in [2.45, 2.75) is 52.9 Å². The summed E-state index contributed by atoms with van der Waals surface area (Å²) in [7, 11) is 0. The van der Waals surface area contributed by atoms with Crippen molar-refractivity contribution in [1.29, 1.82) is 0 Å². The second-order valence-electron chi connectivity index (χ2n) is 5.70. The van der Waals surface area contributed by atoms with Gasteiger partial charge in [0.25, 0.3) is 0 Å². The van der Waals surface area contributed by atoms with Crippen LogP contribution in [0.25, 0.3) is 0 Å². The number of unbranched alkanes of at least 4 members (excludes halogenated alkanes) is 1. The number of hydrogen-bond acceptors (Lipinski definition) is 5. The van der Waals surface area contributed by atoms with Gasteiger partial charge in [0.05, 0.1) is 33.0 Å². The molecule has 0 bridgehead atoms. The summed E-state index contributed by atoms with van der Waals surface area (Å²) in [4.78, 5) is 11.3. The highest BCUT2D eigenvalue weighted by Gasteiger charge is 2.01. The molecule has 0 aliphatic heterocycles. The Hall–Kier alpha value is -0.650. The lowest BCUT2D eigenvalue weighted by Gasteiger charge is -2.08. The molecule has 0 radical (unpaired) electrons. The van der Waals surface area contributed by atoms with E-state index in [1.54, 1.807) is 0 Å². The zero-order valence-electron chi connectivity index (χ0n) is 14.6. The summed E-state index contributed by atoms with van der Waals surface area (Å²) in [6, 6.07) is 0. The molecule has 0 aliphatic carbocycles. The molecule has 0 aromatic heterocycles. The minimum atomic E-state index is -0.133. The third kappa shape index (κ3) is 17.4. The summed E-state index contributed by atoms with van der Waals surface area (Å²) >= 11 is 0. The quantitative estimate of drug-likeness (QED) is 0.323. The monoisotopic (exact) mass is 318 g/mol. The predicted molar refractivity (Wildman–Crippen MR) is 87.0 cm³/mol. The van der Waals surface area contributed by atoms with Gasteiger partial charge in [-0.1, -0.05) is 27.2 Å². The topological polar surface area (TPSA) is 54.0 Å². The first-order chi connectivity index (χ1) is 10.7. The van der Waals surface area contributed by atoms with Crippen LogP contribution in [0.5, 0.6) is 0 Å². The van der Waals surface area contributed by atoms with Crippen LogP contribution in [0.1, 0.15) is 52.9 Å². The fourth-order valence-electron chi connectivity index (χ4n) is 1.58. The van der Waals surface area contributed by atoms with E-state index in [-0.39, 0.29) is 5.97 Å². The molecule has 0 aromatic carbocycles. The molecule has 0 amide bonds. The van der Waals surface area contributed by atoms with Crippen molar-refractivity contribution in [1.82, 2.24) is 0 Å². The van der Waals surface area contributed by atoms with Crippen LogP contribution < -0.4 is 0 Å². The lowest BCUT2D eigenvalue weighted by molar-refractivity contribution is -0.144. The van der Waals surface area contributed by atoms with E-state index in [2.05, 4.69) is 20.8 Å². The average Bonchev–Trinajstić information content (AvgIpc) is 2.48. The molecule has 5 nitrogen and oxygen atoms in total. The fourth-order valence-corrected chi connectivity index (χ4v) is 1.58. The molecule has 0 saturated heterocycles. The van der Waals surface area contributed by atoms with Gasteiger partial charge < -0.3 is 18.9 Å². The molecular formula is C17H34O5. The van der Waals surface area contributed by atoms with Crippen LogP contribution in [0.2, 0.25) is 0 Å². The summed E-state index contributed by atoms with van der Waals surface area (Å²) in [5.74, 6) is 0.546. The molecule has 22 heavy (non-hydrogen) atoms. The Morgan fingerprint density at radius 3 is 2.00 bits per heavy atom. The van der Waals surface area contributed by atoms with Gasteiger partial charge in [0.2, 0.25) is 0 Å². The molecule has 0 aromatic rings. The SMILES string of the molecule is CCCCOC(=O)CCCOCCOCCOCCC(C)C. The number of carbonyl (C=O) groups excluding carboxylic acids is 1. The third-order valence-electron chi connectivity index (χ3n) is 3.01. The summed E-state index contributed by atoms with van der Waals surface area (Å²) in [5.41, 5.74) is 0. The van der Waals surface area contributed by atoms with Crippen molar-refractivity contribution in [3.63, 3.8) is 0 Å². The van der Waals surface area contributed by atoms with Crippen LogP contribution in [0.15, 0.2) is 0 Å². The van der Waals surface area contributed by atoms with Crippen LogP contribution in [-0.2, 0) is 23.7 Å². The summed E-state index contributed by atoms with van der Waals surface area (Å²) in [5, 5.41) is 0. The third-order valence-corrected chi connectivity index (χ3v) is 3.01. The van der Waals surface area contributed by atoms with Crippen LogP contribution in [0.3, 0.4) is 0 Å². The molecule has 0 saturated carbocycles. The maximum Gasteiger partial charge on any atom is 0.305 e. The highest BCUT2D eigenvalue weighted by molar-refractivity contribution is 5.69. The molecule has 0 aliphatic rings. The molecular weight excluding hydrogens is 284 g/mol. The smallest absolute Gasteiger partial charge is 0.305 e. The van der Waals surface area contributed by atoms with Crippen molar-refractivity contribution in [3.05, 3.63) is 0 Å². The van der Waals surface area contributed by atoms with E-state index in [9.17, 15) is 4.79 Å². The zero-order chi connectivity index (χ0) is 16.5. The van der Waals surface area contributed by atoms with Crippen molar-refractivity contribution in [2.24, 2.45) is 5.92 Å². The van der Waals surface area contributed by atoms with Gasteiger partial charge in [-0.3, -0.25) is 4.79 Å². The summed E-state index contributed by atoms with van der Waals surface area (Å²) < 4.78 is 21.3. The van der Waals surface area contributed by atoms with E-state index in [1.165, 1.54) is 0 Å². The Kier molecular flexibility index (Phi) is 16.2. The maximum atomic E-state index is 11.3. The Balaban J connectivity index is 3.09. The van der Waals surface area contributed by atoms with Gasteiger partial charge >= 0.3 is 5.97 Å². The number of ether oxygens (including phenoxy) is 4. The Morgan fingerprint density at radius 2 is 1.41 bits per heavy atom. The minimum absolute atomic E-state index is 0.133. The van der Waals surface area contributed by atoms with E-state index >= 15 is 0 Å². The molecule has 0 atom stereocenters. The van der Waals surface area contributed by atoms with E-state index in [1.807, 2.05) is 0 Å². The van der Waals surface area contributed by atoms with Gasteiger partial charge in [-0.05, 0) is 25.2 Å². The van der Waals surface area contributed by atoms with E-state index < -0.39 is 0 Å². The largest absolute Gasteiger partial charge is 0.466 e. The van der Waals surface area contributed by atoms with Gasteiger partial charge in [0, 0.05) is 19.6 Å². The minimum Gasteiger partial charge on any atom is -0.466 e. The van der Waals surface area contributed by atoms with Gasteiger partial charge in [-0.15, -0.1) is 0 Å². The van der Waals surface area contributed by atoms with E-state index in [0.717, 1.165) is 25.9 Å². The zero-order valence-corrected chi connectivity index (χ0v) is 14.6. The number of carbonyl (C=O) groups is 1. The highest BCUT2D eigenvalue weighted by Crippen LogP contribution is 1.98. The lowest BCUT2D eigenvalue weighted by Crippen LogP contribution is -2.11. The van der Waals surface area contributed by atoms with Crippen LogP contribution >= 0.6 is 0 Å². The summed E-state index contributed by atoms with van der Waals surface area (Å²) in [6.07, 6.45) is 4.18. The standard InChI is InChI=1S/C17H34O5/c1-4-5-10-22-17(18)7-6-9-19-12-14-21-15-13-20-11-8-16(2)3/h16H,4-15H2,1-3H3. The number of hydrogen-bond donors (Lipinski definition) is 0. The Bertz CT molecular complexity index is 243. The van der Waals surface area contributed by atoms with E-state index in [0.29, 0.717) is 58.4 Å². The van der Waals surface area contributed by atoms with Gasteiger partial charge in [0.1, 0.15) is 0 Å². The Labute approximate surface area is 135 Å². The number of esters is 1. The van der Waals surface area contributed by atoms with Gasteiger partial charge in [-0.2, -0.15) is 0 Å². The lowest BCUT2D eigenvalue weighted by atomic mass is 10.1. The van der Waals surface area contributed by atoms with E-state index in [4.69, 9.17) is 18.9 Å². The molecule has 5 heteroatoms. The molecule has 0 spiro atoms. The van der Waals surface area contributed by atoms with Gasteiger partial charge in [-0.25, -0.2) is 0 Å². The summed E-state index contributed by atoms with van der Waals surface area (Å²) in [6.45, 7) is 10.7. The second kappa shape index (κ2) is 16.7. The van der Waals surface area contributed by atoms with Crippen molar-refractivity contribution >= 4 is 5.97 Å². The first kappa shape index (κ1) is 21.4. The first-order valence-corrected chi connectivity index (χ1v) is 8.55. The van der Waals surface area contributed by atoms with Crippen molar-refractivity contribution in [2.75, 3.05) is 46.2 Å². The van der Waals surface area contributed by atoms with Crippen LogP contribution in [-0.4, -0.2) is 52.2 Å². The van der Waals surface area contributed by atoms with Crippen molar-refractivity contribution < 1.29 is 23.7 Å². The fraction of sp³-hybridized carbons (Fsp3) is 0.941. The Morgan fingerprint density at radius 1 is 0.818 bits per heavy atom.